The maximum atomic E-state index is 12.7. The average molecular weight is 287 g/mol. The summed E-state index contributed by atoms with van der Waals surface area (Å²) in [5, 5.41) is 5.96. The topological polar surface area (TPSA) is 61.4 Å². The minimum absolute atomic E-state index is 0.0419. The fraction of sp³-hybridized carbons (Fsp3) is 0.500. The molecular formula is C16H21N3O2. The maximum absolute atomic E-state index is 12.7. The number of nitrogens with one attached hydrogen (secondary N) is 2. The summed E-state index contributed by atoms with van der Waals surface area (Å²) in [6.45, 7) is 1.58. The lowest BCUT2D eigenvalue weighted by molar-refractivity contribution is -0.126. The van der Waals surface area contributed by atoms with Gasteiger partial charge in [-0.05, 0) is 43.4 Å². The Bertz CT molecular complexity index is 571. The van der Waals surface area contributed by atoms with Crippen molar-refractivity contribution in [3.8, 4) is 0 Å². The van der Waals surface area contributed by atoms with Crippen molar-refractivity contribution in [1.82, 2.24) is 10.2 Å². The number of amides is 2. The molecule has 112 valence electrons. The first-order valence-electron chi connectivity index (χ1n) is 7.60. The number of likely N-dealkylation sites (tertiary alicyclic amines) is 1. The molecule has 2 aliphatic heterocycles. The van der Waals surface area contributed by atoms with Crippen molar-refractivity contribution in [3.05, 3.63) is 29.3 Å². The zero-order valence-electron chi connectivity index (χ0n) is 12.3. The van der Waals surface area contributed by atoms with Gasteiger partial charge < -0.3 is 15.5 Å². The van der Waals surface area contributed by atoms with E-state index in [1.54, 1.807) is 11.9 Å². The number of carbonyl (C=O) groups excluding carboxylic acids is 2. The van der Waals surface area contributed by atoms with Gasteiger partial charge >= 0.3 is 0 Å². The van der Waals surface area contributed by atoms with Crippen molar-refractivity contribution >= 4 is 17.5 Å². The second kappa shape index (κ2) is 5.76. The summed E-state index contributed by atoms with van der Waals surface area (Å²) in [5.74, 6) is -0.109. The molecule has 5 heteroatoms. The van der Waals surface area contributed by atoms with Crippen LogP contribution in [0.1, 0.15) is 35.2 Å². The lowest BCUT2D eigenvalue weighted by Gasteiger charge is -2.34. The zero-order chi connectivity index (χ0) is 14.8. The normalized spacial score (nSPS) is 20.6. The Morgan fingerprint density at radius 2 is 2.19 bits per heavy atom. The van der Waals surface area contributed by atoms with Gasteiger partial charge in [-0.1, -0.05) is 6.07 Å². The number of piperidine rings is 1. The van der Waals surface area contributed by atoms with Crippen molar-refractivity contribution in [2.75, 3.05) is 25.5 Å². The molecule has 2 N–H and O–H groups in total. The van der Waals surface area contributed by atoms with Gasteiger partial charge in [0.2, 0.25) is 5.91 Å². The molecule has 1 saturated heterocycles. The van der Waals surface area contributed by atoms with Gasteiger partial charge in [0.05, 0.1) is 0 Å². The molecule has 3 rings (SSSR count). The van der Waals surface area contributed by atoms with Crippen LogP contribution in [0.3, 0.4) is 0 Å². The van der Waals surface area contributed by atoms with Crippen molar-refractivity contribution < 1.29 is 9.59 Å². The van der Waals surface area contributed by atoms with Crippen LogP contribution >= 0.6 is 0 Å². The van der Waals surface area contributed by atoms with Crippen molar-refractivity contribution in [3.63, 3.8) is 0 Å². The number of fused-ring (bicyclic) bond motifs is 1. The summed E-state index contributed by atoms with van der Waals surface area (Å²) in [4.78, 5) is 26.5. The van der Waals surface area contributed by atoms with E-state index in [0.717, 1.165) is 37.9 Å². The fourth-order valence-corrected chi connectivity index (χ4v) is 3.20. The summed E-state index contributed by atoms with van der Waals surface area (Å²) < 4.78 is 0. The molecule has 1 fully saturated rings. The molecule has 2 amide bonds. The molecule has 0 spiro atoms. The highest BCUT2D eigenvalue weighted by Crippen LogP contribution is 2.26. The molecule has 0 aromatic heterocycles. The number of anilines is 1. The molecule has 1 atom stereocenters. The van der Waals surface area contributed by atoms with E-state index in [0.29, 0.717) is 12.1 Å². The van der Waals surface area contributed by atoms with E-state index >= 15 is 0 Å². The number of likely N-dealkylation sites (N-methyl/N-ethyl adjacent to an activating group) is 1. The van der Waals surface area contributed by atoms with E-state index in [9.17, 15) is 9.59 Å². The Labute approximate surface area is 124 Å². The van der Waals surface area contributed by atoms with Crippen LogP contribution in [0, 0.1) is 0 Å². The molecule has 0 radical (unpaired) electrons. The second-order valence-corrected chi connectivity index (χ2v) is 5.67. The summed E-state index contributed by atoms with van der Waals surface area (Å²) in [6, 6.07) is 5.48. The molecule has 2 heterocycles. The van der Waals surface area contributed by atoms with Crippen LogP contribution < -0.4 is 10.6 Å². The molecule has 1 aromatic carbocycles. The quantitative estimate of drug-likeness (QED) is 0.864. The monoisotopic (exact) mass is 287 g/mol. The van der Waals surface area contributed by atoms with Crippen molar-refractivity contribution in [1.29, 1.82) is 0 Å². The Hall–Kier alpha value is -2.04. The van der Waals surface area contributed by atoms with E-state index in [-0.39, 0.29) is 17.9 Å². The van der Waals surface area contributed by atoms with Crippen LogP contribution in [0.5, 0.6) is 0 Å². The summed E-state index contributed by atoms with van der Waals surface area (Å²) >= 11 is 0. The van der Waals surface area contributed by atoms with E-state index < -0.39 is 0 Å². The lowest BCUT2D eigenvalue weighted by atomic mass is 9.99. The number of hydrogen-bond donors (Lipinski definition) is 2. The molecule has 1 unspecified atom stereocenters. The standard InChI is InChI=1S/C16H21N3O2/c1-17-15(20)14-4-2-3-9-19(14)16(21)12-6-5-11-7-8-18-13(11)10-12/h5-6,10,14,18H,2-4,7-9H2,1H3,(H,17,20). The molecule has 21 heavy (non-hydrogen) atoms. The Morgan fingerprint density at radius 3 is 3.00 bits per heavy atom. The Balaban J connectivity index is 1.84. The number of rotatable bonds is 2. The van der Waals surface area contributed by atoms with Crippen LogP contribution in [0.15, 0.2) is 18.2 Å². The van der Waals surface area contributed by atoms with Gasteiger partial charge in [-0.3, -0.25) is 9.59 Å². The predicted molar refractivity (Wildman–Crippen MR) is 81.4 cm³/mol. The van der Waals surface area contributed by atoms with Gasteiger partial charge in [0, 0.05) is 31.4 Å². The third kappa shape index (κ3) is 2.60. The Morgan fingerprint density at radius 1 is 1.33 bits per heavy atom. The van der Waals surface area contributed by atoms with E-state index in [1.807, 2.05) is 18.2 Å². The van der Waals surface area contributed by atoms with E-state index in [1.165, 1.54) is 5.56 Å². The third-order valence-corrected chi connectivity index (χ3v) is 4.38. The largest absolute Gasteiger partial charge is 0.384 e. The highest BCUT2D eigenvalue weighted by atomic mass is 16.2. The van der Waals surface area contributed by atoms with Gasteiger partial charge in [0.1, 0.15) is 6.04 Å². The van der Waals surface area contributed by atoms with Crippen molar-refractivity contribution in [2.45, 2.75) is 31.7 Å². The van der Waals surface area contributed by atoms with Crippen LogP contribution in [0.4, 0.5) is 5.69 Å². The highest BCUT2D eigenvalue weighted by molar-refractivity contribution is 5.98. The highest BCUT2D eigenvalue weighted by Gasteiger charge is 2.32. The molecule has 1 aromatic rings. The summed E-state index contributed by atoms with van der Waals surface area (Å²) in [5.41, 5.74) is 2.97. The first kappa shape index (κ1) is 13.9. The lowest BCUT2D eigenvalue weighted by Crippen LogP contribution is -2.51. The number of nitrogens with zero attached hydrogens (tertiary/aromatic N) is 1. The average Bonchev–Trinajstić information content (AvgIpc) is 3.01. The Kier molecular flexibility index (Phi) is 3.82. The first-order valence-corrected chi connectivity index (χ1v) is 7.60. The van der Waals surface area contributed by atoms with Crippen LogP contribution in [-0.4, -0.2) is 42.9 Å². The fourth-order valence-electron chi connectivity index (χ4n) is 3.20. The molecule has 5 nitrogen and oxygen atoms in total. The molecular weight excluding hydrogens is 266 g/mol. The van der Waals surface area contributed by atoms with Gasteiger partial charge in [-0.15, -0.1) is 0 Å². The molecule has 0 aliphatic carbocycles. The zero-order valence-corrected chi connectivity index (χ0v) is 12.3. The number of carbonyl (C=O) groups is 2. The summed E-state index contributed by atoms with van der Waals surface area (Å²) in [7, 11) is 1.62. The number of benzene rings is 1. The van der Waals surface area contributed by atoms with Crippen LogP contribution in [0.25, 0.3) is 0 Å². The van der Waals surface area contributed by atoms with Gasteiger partial charge in [0.15, 0.2) is 0 Å². The SMILES string of the molecule is CNC(=O)C1CCCCN1C(=O)c1ccc2c(c1)NCC2. The van der Waals surface area contributed by atoms with E-state index in [2.05, 4.69) is 10.6 Å². The predicted octanol–water partition coefficient (Wildman–Crippen LogP) is 1.40. The van der Waals surface area contributed by atoms with Crippen LogP contribution in [-0.2, 0) is 11.2 Å². The maximum Gasteiger partial charge on any atom is 0.254 e. The van der Waals surface area contributed by atoms with Crippen molar-refractivity contribution in [2.24, 2.45) is 0 Å². The molecule has 0 saturated carbocycles. The van der Waals surface area contributed by atoms with Gasteiger partial charge in [0.25, 0.3) is 5.91 Å². The van der Waals surface area contributed by atoms with Crippen LogP contribution in [0.2, 0.25) is 0 Å². The molecule has 2 aliphatic rings. The number of hydrogen-bond acceptors (Lipinski definition) is 3. The minimum Gasteiger partial charge on any atom is -0.384 e. The van der Waals surface area contributed by atoms with Gasteiger partial charge in [-0.25, -0.2) is 0 Å². The van der Waals surface area contributed by atoms with E-state index in [4.69, 9.17) is 0 Å². The summed E-state index contributed by atoms with van der Waals surface area (Å²) in [6.07, 6.45) is 3.71. The second-order valence-electron chi connectivity index (χ2n) is 5.67. The minimum atomic E-state index is -0.336. The smallest absolute Gasteiger partial charge is 0.254 e. The third-order valence-electron chi connectivity index (χ3n) is 4.38. The first-order chi connectivity index (χ1) is 10.2. The molecule has 0 bridgehead atoms. The van der Waals surface area contributed by atoms with Gasteiger partial charge in [-0.2, -0.15) is 0 Å².